The lowest BCUT2D eigenvalue weighted by molar-refractivity contribution is -0.00899. The third-order valence-electron chi connectivity index (χ3n) is 9.91. The number of piperidine rings is 4. The number of nitrogens with zero attached hydrogens (tertiary/aromatic N) is 8. The number of β-amino-alcohol motifs (C(OH)–C–C–N with tert-alkyl or cyclic N) is 1. The number of carbonyl (C=O) groups is 3. The predicted octanol–water partition coefficient (Wildman–Crippen LogP) is 7.34. The minimum atomic E-state index is -0.459. The van der Waals surface area contributed by atoms with Crippen LogP contribution in [-0.4, -0.2) is 155 Å². The zero-order valence-electron chi connectivity index (χ0n) is 39.9. The van der Waals surface area contributed by atoms with E-state index in [0.29, 0.717) is 38.2 Å². The Kier molecular flexibility index (Phi) is 23.0. The van der Waals surface area contributed by atoms with Crippen LogP contribution < -0.4 is 5.32 Å². The average Bonchev–Trinajstić information content (AvgIpc) is 4.07. The highest BCUT2D eigenvalue weighted by molar-refractivity contribution is 7.80. The van der Waals surface area contributed by atoms with Crippen LogP contribution in [0.15, 0.2) is 55.4 Å². The standard InChI is InChI=1S/C13H21N3O2.C11H21NO3S.C10H19NO3.C8H13N3.C3H4N2/c1-13(2,3)18-12(17)15-8-4-6-11(10-15)16-9-5-7-14-16;1-11(2,3)15-10(13)12-6-4-5-9(7-12)14-8-16;1-10(2,3)14-9(13)11-6-4-5-8(12)7-11;1-3-8(7-9-4-1)11-6-2-5-10-11;1-2-4-5-3-1/h5,7,9,11H,4,6,8,10H2,1-3H3;9,16H,4-8H2,1-3H3;8,12H,4-7H2,1-3H3;2,5-6,8-9H,1,3-4,7H2;1-3H,(H,4,5)/t11-;9-;2*8-;/m0110./s1. The van der Waals surface area contributed by atoms with Gasteiger partial charge in [-0.15, -0.1) is 0 Å². The van der Waals surface area contributed by atoms with Crippen molar-refractivity contribution in [3.05, 3.63) is 55.4 Å². The van der Waals surface area contributed by atoms with Crippen LogP contribution in [0.5, 0.6) is 0 Å². The lowest BCUT2D eigenvalue weighted by atomic mass is 10.1. The van der Waals surface area contributed by atoms with E-state index < -0.39 is 22.9 Å². The summed E-state index contributed by atoms with van der Waals surface area (Å²) in [5.74, 6) is 0.396. The van der Waals surface area contributed by atoms with E-state index in [4.69, 9.17) is 18.9 Å². The maximum absolute atomic E-state index is 12.0. The Morgan fingerprint density at radius 3 is 1.58 bits per heavy atom. The number of H-pyrrole nitrogens is 1. The molecule has 0 radical (unpaired) electrons. The molecular weight excluding hydrogens is 841 g/mol. The third-order valence-corrected chi connectivity index (χ3v) is 10.1. The molecule has 0 bridgehead atoms. The van der Waals surface area contributed by atoms with E-state index in [-0.39, 0.29) is 30.4 Å². The van der Waals surface area contributed by atoms with Crippen molar-refractivity contribution in [2.75, 3.05) is 58.3 Å². The van der Waals surface area contributed by atoms with E-state index in [1.165, 1.54) is 12.8 Å². The molecule has 0 aromatic carbocycles. The molecule has 0 saturated carbocycles. The maximum atomic E-state index is 12.0. The van der Waals surface area contributed by atoms with Gasteiger partial charge in [-0.05, 0) is 138 Å². The number of hydrogen-bond donors (Lipinski definition) is 4. The molecule has 3 aromatic rings. The van der Waals surface area contributed by atoms with Crippen LogP contribution in [0, 0.1) is 0 Å². The van der Waals surface area contributed by atoms with Gasteiger partial charge in [-0.1, -0.05) is 0 Å². The number of rotatable bonds is 4. The van der Waals surface area contributed by atoms with E-state index in [2.05, 4.69) is 38.3 Å². The summed E-state index contributed by atoms with van der Waals surface area (Å²) in [5.41, 5.74) is -1.33. The summed E-state index contributed by atoms with van der Waals surface area (Å²) < 4.78 is 25.3. The Hall–Kier alpha value is -4.33. The van der Waals surface area contributed by atoms with Gasteiger partial charge in [-0.2, -0.15) is 27.9 Å². The number of nitrogens with one attached hydrogen (secondary N) is 2. The second kappa shape index (κ2) is 27.2. The quantitative estimate of drug-likeness (QED) is 0.116. The fourth-order valence-corrected chi connectivity index (χ4v) is 7.26. The Morgan fingerprint density at radius 2 is 1.16 bits per heavy atom. The number of aliphatic hydroxyl groups is 1. The van der Waals surface area contributed by atoms with Gasteiger partial charge in [-0.25, -0.2) is 14.4 Å². The molecule has 7 rings (SSSR count). The van der Waals surface area contributed by atoms with Gasteiger partial charge >= 0.3 is 18.3 Å². The highest BCUT2D eigenvalue weighted by atomic mass is 32.1. The molecule has 3 aromatic heterocycles. The number of likely N-dealkylation sites (tertiary alicyclic amines) is 3. The fraction of sp³-hybridized carbons (Fsp3) is 0.733. The summed E-state index contributed by atoms with van der Waals surface area (Å²) in [5, 5.41) is 27.4. The Bertz CT molecular complexity index is 1670. The molecule has 362 valence electrons. The topological polar surface area (TPSA) is 194 Å². The predicted molar refractivity (Wildman–Crippen MR) is 249 cm³/mol. The van der Waals surface area contributed by atoms with Crippen molar-refractivity contribution in [2.45, 2.75) is 155 Å². The number of amides is 3. The summed E-state index contributed by atoms with van der Waals surface area (Å²) >= 11 is 4.02. The second-order valence-electron chi connectivity index (χ2n) is 19.2. The first-order valence-corrected chi connectivity index (χ1v) is 23.3. The highest BCUT2D eigenvalue weighted by Gasteiger charge is 2.30. The molecule has 4 aliphatic heterocycles. The van der Waals surface area contributed by atoms with Gasteiger partial charge in [0.15, 0.2) is 0 Å². The van der Waals surface area contributed by atoms with Crippen molar-refractivity contribution in [3.63, 3.8) is 0 Å². The van der Waals surface area contributed by atoms with Crippen molar-refractivity contribution >= 4 is 30.9 Å². The van der Waals surface area contributed by atoms with Crippen molar-refractivity contribution in [1.82, 2.24) is 49.8 Å². The molecule has 4 saturated heterocycles. The lowest BCUT2D eigenvalue weighted by Crippen LogP contribution is -2.45. The SMILES string of the molecule is CC(C)(C)OC(=O)N1CCC[C@@H](O)C1.CC(C)(C)OC(=O)N1CCC[C@@H](OCS)C1.CC(C)(C)OC(=O)N1CCC[C@H](n2cccn2)C1.c1cn[nH]c1.c1cnn([C@H]2CCCNC2)c1. The summed E-state index contributed by atoms with van der Waals surface area (Å²) in [6.45, 7) is 22.9. The van der Waals surface area contributed by atoms with E-state index in [0.717, 1.165) is 64.7 Å². The molecular formula is C45H78N10O8S. The van der Waals surface area contributed by atoms with Gasteiger partial charge in [0.2, 0.25) is 0 Å². The van der Waals surface area contributed by atoms with Crippen LogP contribution in [0.25, 0.3) is 0 Å². The number of thiol groups is 1. The summed E-state index contributed by atoms with van der Waals surface area (Å²) in [7, 11) is 0. The minimum absolute atomic E-state index is 0.0961. The van der Waals surface area contributed by atoms with Crippen LogP contribution in [-0.2, 0) is 18.9 Å². The number of aromatic amines is 1. The monoisotopic (exact) mass is 919 g/mol. The summed E-state index contributed by atoms with van der Waals surface area (Å²) in [6.07, 6.45) is 18.1. The first-order chi connectivity index (χ1) is 30.2. The summed E-state index contributed by atoms with van der Waals surface area (Å²) in [4.78, 5) is 40.4. The Balaban J connectivity index is 0.000000221. The van der Waals surface area contributed by atoms with E-state index in [9.17, 15) is 19.5 Å². The summed E-state index contributed by atoms with van der Waals surface area (Å²) in [6, 6.07) is 6.57. The van der Waals surface area contributed by atoms with Crippen molar-refractivity contribution in [1.29, 1.82) is 0 Å². The van der Waals surface area contributed by atoms with Crippen LogP contribution in [0.2, 0.25) is 0 Å². The average molecular weight is 919 g/mol. The maximum Gasteiger partial charge on any atom is 0.410 e. The van der Waals surface area contributed by atoms with E-state index in [1.54, 1.807) is 33.3 Å². The van der Waals surface area contributed by atoms with Crippen LogP contribution in [0.3, 0.4) is 0 Å². The first-order valence-electron chi connectivity index (χ1n) is 22.7. The zero-order valence-corrected chi connectivity index (χ0v) is 40.8. The largest absolute Gasteiger partial charge is 0.444 e. The third kappa shape index (κ3) is 22.5. The van der Waals surface area contributed by atoms with Gasteiger partial charge in [0, 0.05) is 76.4 Å². The number of hydrogen-bond acceptors (Lipinski definition) is 13. The van der Waals surface area contributed by atoms with Gasteiger partial charge in [0.1, 0.15) is 16.8 Å². The molecule has 4 aliphatic rings. The first kappa shape index (κ1) is 54.0. The molecule has 18 nitrogen and oxygen atoms in total. The number of carbonyl (C=O) groups excluding carboxylic acids is 3. The molecule has 3 amide bonds. The highest BCUT2D eigenvalue weighted by Crippen LogP contribution is 2.23. The molecule has 0 aliphatic carbocycles. The molecule has 7 heterocycles. The molecule has 19 heteroatoms. The molecule has 4 atom stereocenters. The zero-order chi connectivity index (χ0) is 47.2. The van der Waals surface area contributed by atoms with Crippen molar-refractivity contribution in [2.24, 2.45) is 0 Å². The second-order valence-corrected chi connectivity index (χ2v) is 19.4. The van der Waals surface area contributed by atoms with Crippen LogP contribution in [0.4, 0.5) is 14.4 Å². The van der Waals surface area contributed by atoms with Crippen LogP contribution in [0.1, 0.15) is 126 Å². The smallest absolute Gasteiger partial charge is 0.410 e. The van der Waals surface area contributed by atoms with E-state index >= 15 is 0 Å². The molecule has 4 fully saturated rings. The van der Waals surface area contributed by atoms with Gasteiger partial charge in [-0.3, -0.25) is 14.5 Å². The van der Waals surface area contributed by atoms with Gasteiger partial charge in [0.25, 0.3) is 0 Å². The van der Waals surface area contributed by atoms with Crippen LogP contribution >= 0.6 is 12.6 Å². The van der Waals surface area contributed by atoms with Crippen molar-refractivity contribution in [3.8, 4) is 0 Å². The molecule has 64 heavy (non-hydrogen) atoms. The number of aromatic nitrogens is 6. The fourth-order valence-electron chi connectivity index (χ4n) is 7.05. The molecule has 3 N–H and O–H groups in total. The molecule has 0 unspecified atom stereocenters. The van der Waals surface area contributed by atoms with Gasteiger partial charge < -0.3 is 44.1 Å². The van der Waals surface area contributed by atoms with Gasteiger partial charge in [0.05, 0.1) is 36.8 Å². The Labute approximate surface area is 386 Å². The van der Waals surface area contributed by atoms with Crippen molar-refractivity contribution < 1.29 is 38.4 Å². The normalized spacial score (nSPS) is 21.5. The minimum Gasteiger partial charge on any atom is -0.444 e. The lowest BCUT2D eigenvalue weighted by Gasteiger charge is -2.34. The molecule has 0 spiro atoms. The Morgan fingerprint density at radius 1 is 0.656 bits per heavy atom. The number of aliphatic hydroxyl groups excluding tert-OH is 1. The van der Waals surface area contributed by atoms with E-state index in [1.807, 2.05) is 108 Å². The number of ether oxygens (including phenoxy) is 4.